The zero-order valence-corrected chi connectivity index (χ0v) is 12.2. The zero-order valence-electron chi connectivity index (χ0n) is 12.2. The van der Waals surface area contributed by atoms with Crippen molar-refractivity contribution in [3.05, 3.63) is 18.1 Å². The number of likely N-dealkylation sites (N-methyl/N-ethyl adjacent to an activating group) is 1. The summed E-state index contributed by atoms with van der Waals surface area (Å²) in [6.45, 7) is 1.72. The number of nitrogens with zero attached hydrogens (tertiary/aromatic N) is 3. The standard InChI is InChI=1S/C14H23N5O/c1-19(2)8-7-15-13-10-16-12(9-17-13)14(20)18-11-5-3-4-6-11/h9-11H,3-8H2,1-2H3,(H,15,17)(H,18,20). The first-order valence-electron chi connectivity index (χ1n) is 7.16. The fraction of sp³-hybridized carbons (Fsp3) is 0.643. The van der Waals surface area contributed by atoms with E-state index < -0.39 is 0 Å². The average Bonchev–Trinajstić information content (AvgIpc) is 2.92. The molecule has 1 heterocycles. The predicted molar refractivity (Wildman–Crippen MR) is 78.8 cm³/mol. The van der Waals surface area contributed by atoms with Crippen molar-refractivity contribution < 1.29 is 4.79 Å². The molecule has 110 valence electrons. The van der Waals surface area contributed by atoms with E-state index in [-0.39, 0.29) is 5.91 Å². The van der Waals surface area contributed by atoms with Crippen LogP contribution in [0.15, 0.2) is 12.4 Å². The molecule has 0 radical (unpaired) electrons. The molecule has 0 spiro atoms. The van der Waals surface area contributed by atoms with Crippen LogP contribution in [0.2, 0.25) is 0 Å². The second-order valence-corrected chi connectivity index (χ2v) is 5.47. The Morgan fingerprint density at radius 1 is 1.30 bits per heavy atom. The molecule has 6 heteroatoms. The molecular formula is C14H23N5O. The molecule has 0 aliphatic heterocycles. The van der Waals surface area contributed by atoms with Gasteiger partial charge in [-0.2, -0.15) is 0 Å². The molecule has 1 aromatic rings. The molecule has 1 aliphatic rings. The van der Waals surface area contributed by atoms with E-state index in [0.29, 0.717) is 17.6 Å². The van der Waals surface area contributed by atoms with E-state index in [2.05, 4.69) is 25.5 Å². The molecule has 2 rings (SSSR count). The molecule has 20 heavy (non-hydrogen) atoms. The second kappa shape index (κ2) is 7.19. The Balaban J connectivity index is 1.82. The molecule has 6 nitrogen and oxygen atoms in total. The number of carbonyl (C=O) groups excluding carboxylic acids is 1. The Kier molecular flexibility index (Phi) is 5.29. The number of aromatic nitrogens is 2. The van der Waals surface area contributed by atoms with Crippen LogP contribution in [0.25, 0.3) is 0 Å². The van der Waals surface area contributed by atoms with Crippen molar-refractivity contribution in [3.8, 4) is 0 Å². The summed E-state index contributed by atoms with van der Waals surface area (Å²) in [5, 5.41) is 6.17. The summed E-state index contributed by atoms with van der Waals surface area (Å²) in [7, 11) is 4.04. The molecule has 1 aromatic heterocycles. The van der Waals surface area contributed by atoms with Crippen molar-refractivity contribution in [1.29, 1.82) is 0 Å². The highest BCUT2D eigenvalue weighted by Gasteiger charge is 2.18. The van der Waals surface area contributed by atoms with Gasteiger partial charge in [-0.1, -0.05) is 12.8 Å². The minimum Gasteiger partial charge on any atom is -0.368 e. The lowest BCUT2D eigenvalue weighted by Crippen LogP contribution is -2.33. The molecule has 1 saturated carbocycles. The Morgan fingerprint density at radius 3 is 2.65 bits per heavy atom. The van der Waals surface area contributed by atoms with Crippen molar-refractivity contribution in [3.63, 3.8) is 0 Å². The number of amides is 1. The Labute approximate surface area is 120 Å². The zero-order chi connectivity index (χ0) is 14.4. The van der Waals surface area contributed by atoms with Gasteiger partial charge in [-0.3, -0.25) is 4.79 Å². The maximum Gasteiger partial charge on any atom is 0.271 e. The first kappa shape index (κ1) is 14.7. The summed E-state index contributed by atoms with van der Waals surface area (Å²) in [5.41, 5.74) is 0.384. The molecule has 1 aliphatic carbocycles. The van der Waals surface area contributed by atoms with E-state index in [1.807, 2.05) is 14.1 Å². The first-order chi connectivity index (χ1) is 9.65. The first-order valence-corrected chi connectivity index (χ1v) is 7.16. The lowest BCUT2D eigenvalue weighted by molar-refractivity contribution is 0.0932. The van der Waals surface area contributed by atoms with Crippen LogP contribution in [0.5, 0.6) is 0 Å². The van der Waals surface area contributed by atoms with Crippen LogP contribution in [-0.4, -0.2) is 54.0 Å². The Bertz CT molecular complexity index is 426. The fourth-order valence-corrected chi connectivity index (χ4v) is 2.27. The van der Waals surface area contributed by atoms with E-state index in [1.165, 1.54) is 19.0 Å². The topological polar surface area (TPSA) is 70.2 Å². The van der Waals surface area contributed by atoms with Gasteiger partial charge in [0.05, 0.1) is 12.4 Å². The van der Waals surface area contributed by atoms with Crippen molar-refractivity contribution in [2.24, 2.45) is 0 Å². The third kappa shape index (κ3) is 4.45. The van der Waals surface area contributed by atoms with Crippen LogP contribution in [-0.2, 0) is 0 Å². The molecule has 0 unspecified atom stereocenters. The van der Waals surface area contributed by atoms with Gasteiger partial charge in [0.15, 0.2) is 0 Å². The molecule has 1 amide bonds. The third-order valence-corrected chi connectivity index (χ3v) is 3.44. The summed E-state index contributed by atoms with van der Waals surface area (Å²) in [6.07, 6.45) is 7.69. The number of rotatable bonds is 6. The van der Waals surface area contributed by atoms with E-state index in [9.17, 15) is 4.79 Å². The minimum atomic E-state index is -0.121. The van der Waals surface area contributed by atoms with Crippen LogP contribution >= 0.6 is 0 Å². The van der Waals surface area contributed by atoms with Crippen molar-refractivity contribution in [1.82, 2.24) is 20.2 Å². The summed E-state index contributed by atoms with van der Waals surface area (Å²) >= 11 is 0. The molecule has 0 bridgehead atoms. The molecule has 0 saturated heterocycles. The monoisotopic (exact) mass is 277 g/mol. The molecule has 0 atom stereocenters. The minimum absolute atomic E-state index is 0.121. The van der Waals surface area contributed by atoms with Gasteiger partial charge in [-0.15, -0.1) is 0 Å². The SMILES string of the molecule is CN(C)CCNc1cnc(C(=O)NC2CCCC2)cn1. The van der Waals surface area contributed by atoms with E-state index in [4.69, 9.17) is 0 Å². The molecule has 1 fully saturated rings. The van der Waals surface area contributed by atoms with Gasteiger partial charge in [0.1, 0.15) is 11.5 Å². The summed E-state index contributed by atoms with van der Waals surface area (Å²) in [5.74, 6) is 0.577. The lowest BCUT2D eigenvalue weighted by atomic mass is 10.2. The number of carbonyl (C=O) groups is 1. The van der Waals surface area contributed by atoms with Gasteiger partial charge in [-0.25, -0.2) is 9.97 Å². The van der Waals surface area contributed by atoms with Crippen molar-refractivity contribution in [2.75, 3.05) is 32.5 Å². The molecule has 2 N–H and O–H groups in total. The maximum atomic E-state index is 12.0. The van der Waals surface area contributed by atoms with Gasteiger partial charge < -0.3 is 15.5 Å². The maximum absolute atomic E-state index is 12.0. The number of hydrogen-bond acceptors (Lipinski definition) is 5. The van der Waals surface area contributed by atoms with Crippen LogP contribution in [0.4, 0.5) is 5.82 Å². The summed E-state index contributed by atoms with van der Waals surface area (Å²) in [4.78, 5) is 22.4. The lowest BCUT2D eigenvalue weighted by Gasteiger charge is -2.12. The summed E-state index contributed by atoms with van der Waals surface area (Å²) in [6, 6.07) is 0.308. The van der Waals surface area contributed by atoms with Gasteiger partial charge in [-0.05, 0) is 26.9 Å². The fourth-order valence-electron chi connectivity index (χ4n) is 2.27. The Morgan fingerprint density at radius 2 is 2.05 bits per heavy atom. The number of anilines is 1. The largest absolute Gasteiger partial charge is 0.368 e. The van der Waals surface area contributed by atoms with Gasteiger partial charge in [0.2, 0.25) is 0 Å². The smallest absolute Gasteiger partial charge is 0.271 e. The van der Waals surface area contributed by atoms with Gasteiger partial charge in [0.25, 0.3) is 5.91 Å². The quantitative estimate of drug-likeness (QED) is 0.815. The molecular weight excluding hydrogens is 254 g/mol. The highest BCUT2D eigenvalue weighted by atomic mass is 16.1. The third-order valence-electron chi connectivity index (χ3n) is 3.44. The highest BCUT2D eigenvalue weighted by molar-refractivity contribution is 5.92. The van der Waals surface area contributed by atoms with Gasteiger partial charge >= 0.3 is 0 Å². The van der Waals surface area contributed by atoms with Crippen LogP contribution < -0.4 is 10.6 Å². The normalized spacial score (nSPS) is 15.6. The van der Waals surface area contributed by atoms with E-state index in [0.717, 1.165) is 25.9 Å². The average molecular weight is 277 g/mol. The van der Waals surface area contributed by atoms with E-state index >= 15 is 0 Å². The number of nitrogens with one attached hydrogen (secondary N) is 2. The predicted octanol–water partition coefficient (Wildman–Crippen LogP) is 1.12. The van der Waals surface area contributed by atoms with Crippen LogP contribution in [0.3, 0.4) is 0 Å². The van der Waals surface area contributed by atoms with E-state index in [1.54, 1.807) is 6.20 Å². The Hall–Kier alpha value is -1.69. The van der Waals surface area contributed by atoms with Crippen LogP contribution in [0, 0.1) is 0 Å². The van der Waals surface area contributed by atoms with Gasteiger partial charge in [0, 0.05) is 19.1 Å². The number of hydrogen-bond donors (Lipinski definition) is 2. The van der Waals surface area contributed by atoms with Crippen molar-refractivity contribution >= 4 is 11.7 Å². The second-order valence-electron chi connectivity index (χ2n) is 5.47. The molecule has 0 aromatic carbocycles. The van der Waals surface area contributed by atoms with Crippen molar-refractivity contribution in [2.45, 2.75) is 31.7 Å². The summed E-state index contributed by atoms with van der Waals surface area (Å²) < 4.78 is 0. The van der Waals surface area contributed by atoms with Crippen LogP contribution in [0.1, 0.15) is 36.2 Å². The highest BCUT2D eigenvalue weighted by Crippen LogP contribution is 2.17.